The molecule has 1 aromatic carbocycles. The second-order valence-corrected chi connectivity index (χ2v) is 3.35. The van der Waals surface area contributed by atoms with Gasteiger partial charge in [0, 0.05) is 10.6 Å². The number of halogens is 1. The Balaban J connectivity index is 2.49. The summed E-state index contributed by atoms with van der Waals surface area (Å²) in [7, 11) is 0. The van der Waals surface area contributed by atoms with Gasteiger partial charge in [-0.15, -0.1) is 0 Å². The third-order valence-electron chi connectivity index (χ3n) is 1.80. The Morgan fingerprint density at radius 1 is 0.933 bits per heavy atom. The first-order chi connectivity index (χ1) is 7.15. The van der Waals surface area contributed by atoms with Gasteiger partial charge >= 0.3 is 0 Å². The van der Waals surface area contributed by atoms with E-state index in [1.54, 1.807) is 24.3 Å². The fourth-order valence-corrected chi connectivity index (χ4v) is 1.28. The second-order valence-electron chi connectivity index (χ2n) is 2.91. The van der Waals surface area contributed by atoms with Gasteiger partial charge in [0.15, 0.2) is 5.82 Å². The van der Waals surface area contributed by atoms with Gasteiger partial charge in [-0.2, -0.15) is 9.97 Å². The Kier molecular flexibility index (Phi) is 2.43. The molecule has 1 heterocycles. The maximum Gasteiger partial charge on any atom is 0.218 e. The Bertz CT molecular complexity index is 465. The molecule has 4 nitrogen and oxygen atoms in total. The molecule has 0 fully saturated rings. The lowest BCUT2D eigenvalue weighted by atomic mass is 10.2. The molecule has 0 aliphatic carbocycles. The number of rotatable bonds is 1. The zero-order valence-electron chi connectivity index (χ0n) is 7.55. The van der Waals surface area contributed by atoms with Crippen LogP contribution >= 0.6 is 11.6 Å². The first-order valence-corrected chi connectivity index (χ1v) is 4.56. The molecule has 2 aromatic rings. The molecule has 0 aliphatic rings. The van der Waals surface area contributed by atoms with Crippen molar-refractivity contribution < 1.29 is 10.2 Å². The molecule has 2 rings (SSSR count). The number of nitrogens with zero attached hydrogens (tertiary/aromatic N) is 2. The van der Waals surface area contributed by atoms with Gasteiger partial charge in [-0.3, -0.25) is 0 Å². The summed E-state index contributed by atoms with van der Waals surface area (Å²) in [6.07, 6.45) is 0. The number of hydrogen-bond donors (Lipinski definition) is 2. The summed E-state index contributed by atoms with van der Waals surface area (Å²) in [5.41, 5.74) is 0.672. The minimum Gasteiger partial charge on any atom is -0.493 e. The van der Waals surface area contributed by atoms with Gasteiger partial charge in [0.25, 0.3) is 0 Å². The van der Waals surface area contributed by atoms with E-state index >= 15 is 0 Å². The van der Waals surface area contributed by atoms with Gasteiger partial charge in [0.05, 0.1) is 6.07 Å². The predicted octanol–water partition coefficient (Wildman–Crippen LogP) is 2.21. The highest BCUT2D eigenvalue weighted by molar-refractivity contribution is 6.30. The van der Waals surface area contributed by atoms with Gasteiger partial charge in [-0.05, 0) is 24.3 Å². The smallest absolute Gasteiger partial charge is 0.218 e. The van der Waals surface area contributed by atoms with Crippen molar-refractivity contribution >= 4 is 11.6 Å². The molecule has 0 aliphatic heterocycles. The van der Waals surface area contributed by atoms with Crippen molar-refractivity contribution in [2.24, 2.45) is 0 Å². The molecule has 0 unspecified atom stereocenters. The van der Waals surface area contributed by atoms with Crippen LogP contribution in [0.15, 0.2) is 30.3 Å². The largest absolute Gasteiger partial charge is 0.493 e. The molecule has 0 saturated heterocycles. The van der Waals surface area contributed by atoms with Gasteiger partial charge in [-0.25, -0.2) is 0 Å². The van der Waals surface area contributed by atoms with Crippen molar-refractivity contribution in [3.05, 3.63) is 35.4 Å². The van der Waals surface area contributed by atoms with Crippen LogP contribution in [-0.2, 0) is 0 Å². The highest BCUT2D eigenvalue weighted by atomic mass is 35.5. The van der Waals surface area contributed by atoms with Gasteiger partial charge in [-0.1, -0.05) is 11.6 Å². The van der Waals surface area contributed by atoms with Gasteiger partial charge < -0.3 is 10.2 Å². The van der Waals surface area contributed by atoms with E-state index in [4.69, 9.17) is 11.6 Å². The van der Waals surface area contributed by atoms with Crippen LogP contribution in [0, 0.1) is 0 Å². The molecule has 0 spiro atoms. The lowest BCUT2D eigenvalue weighted by Gasteiger charge is -2.01. The van der Waals surface area contributed by atoms with Crippen molar-refractivity contribution in [1.29, 1.82) is 0 Å². The van der Waals surface area contributed by atoms with E-state index in [1.807, 2.05) is 0 Å². The van der Waals surface area contributed by atoms with E-state index in [0.29, 0.717) is 10.6 Å². The Hall–Kier alpha value is -1.81. The molecule has 1 aromatic heterocycles. The molecule has 0 atom stereocenters. The summed E-state index contributed by atoms with van der Waals surface area (Å²) in [6.45, 7) is 0. The van der Waals surface area contributed by atoms with Gasteiger partial charge in [0.1, 0.15) is 0 Å². The average molecular weight is 223 g/mol. The molecule has 15 heavy (non-hydrogen) atoms. The topological polar surface area (TPSA) is 66.2 Å². The fraction of sp³-hybridized carbons (Fsp3) is 0. The van der Waals surface area contributed by atoms with Crippen LogP contribution in [0.3, 0.4) is 0 Å². The molecule has 0 amide bonds. The third kappa shape index (κ3) is 2.16. The molecule has 2 N–H and O–H groups in total. The SMILES string of the molecule is Oc1cc(O)nc(-c2ccc(Cl)cc2)n1. The lowest BCUT2D eigenvalue weighted by Crippen LogP contribution is -1.88. The third-order valence-corrected chi connectivity index (χ3v) is 2.05. The van der Waals surface area contributed by atoms with E-state index in [9.17, 15) is 10.2 Å². The van der Waals surface area contributed by atoms with Crippen LogP contribution in [0.25, 0.3) is 11.4 Å². The minimum absolute atomic E-state index is 0.254. The van der Waals surface area contributed by atoms with Crippen molar-refractivity contribution in [3.8, 4) is 23.1 Å². The summed E-state index contributed by atoms with van der Waals surface area (Å²) < 4.78 is 0. The van der Waals surface area contributed by atoms with Crippen LogP contribution in [0.2, 0.25) is 5.02 Å². The predicted molar refractivity (Wildman–Crippen MR) is 55.8 cm³/mol. The number of aromatic nitrogens is 2. The van der Waals surface area contributed by atoms with Crippen molar-refractivity contribution in [2.75, 3.05) is 0 Å². The summed E-state index contributed by atoms with van der Waals surface area (Å²) in [5, 5.41) is 18.9. The fourth-order valence-electron chi connectivity index (χ4n) is 1.15. The van der Waals surface area contributed by atoms with Crippen LogP contribution in [0.5, 0.6) is 11.8 Å². The zero-order chi connectivity index (χ0) is 10.8. The zero-order valence-corrected chi connectivity index (χ0v) is 8.31. The highest BCUT2D eigenvalue weighted by Gasteiger charge is 2.05. The molecule has 0 radical (unpaired) electrons. The number of hydrogen-bond acceptors (Lipinski definition) is 4. The Morgan fingerprint density at radius 3 is 2.00 bits per heavy atom. The Labute approximate surface area is 90.8 Å². The van der Waals surface area contributed by atoms with Gasteiger partial charge in [0.2, 0.25) is 11.8 Å². The van der Waals surface area contributed by atoms with Crippen LogP contribution in [0.4, 0.5) is 0 Å². The molecule has 5 heteroatoms. The summed E-state index contributed by atoms with van der Waals surface area (Å²) in [6, 6.07) is 7.84. The number of benzene rings is 1. The van der Waals surface area contributed by atoms with E-state index in [-0.39, 0.29) is 17.6 Å². The minimum atomic E-state index is -0.271. The Morgan fingerprint density at radius 2 is 1.47 bits per heavy atom. The van der Waals surface area contributed by atoms with E-state index in [1.165, 1.54) is 0 Å². The van der Waals surface area contributed by atoms with Crippen molar-refractivity contribution in [3.63, 3.8) is 0 Å². The van der Waals surface area contributed by atoms with Crippen molar-refractivity contribution in [2.45, 2.75) is 0 Å². The first kappa shape index (κ1) is 9.73. The maximum absolute atomic E-state index is 9.17. The lowest BCUT2D eigenvalue weighted by molar-refractivity contribution is 0.423. The molecule has 0 saturated carbocycles. The normalized spacial score (nSPS) is 10.2. The van der Waals surface area contributed by atoms with Crippen LogP contribution in [0.1, 0.15) is 0 Å². The van der Waals surface area contributed by atoms with E-state index < -0.39 is 0 Å². The molecule has 76 valence electrons. The van der Waals surface area contributed by atoms with Crippen molar-refractivity contribution in [1.82, 2.24) is 9.97 Å². The quantitative estimate of drug-likeness (QED) is 0.776. The summed E-state index contributed by atoms with van der Waals surface area (Å²) in [5.74, 6) is -0.288. The highest BCUT2D eigenvalue weighted by Crippen LogP contribution is 2.22. The first-order valence-electron chi connectivity index (χ1n) is 4.18. The average Bonchev–Trinajstić information content (AvgIpc) is 2.17. The maximum atomic E-state index is 9.17. The summed E-state index contributed by atoms with van der Waals surface area (Å²) >= 11 is 5.72. The van der Waals surface area contributed by atoms with E-state index in [0.717, 1.165) is 6.07 Å². The van der Waals surface area contributed by atoms with Crippen LogP contribution in [-0.4, -0.2) is 20.2 Å². The molecule has 0 bridgehead atoms. The molecular formula is C10H7ClN2O2. The summed E-state index contributed by atoms with van der Waals surface area (Å²) in [4.78, 5) is 7.55. The number of aromatic hydroxyl groups is 2. The molecular weight excluding hydrogens is 216 g/mol. The van der Waals surface area contributed by atoms with E-state index in [2.05, 4.69) is 9.97 Å². The monoisotopic (exact) mass is 222 g/mol. The second kappa shape index (κ2) is 3.74. The van der Waals surface area contributed by atoms with Crippen LogP contribution < -0.4 is 0 Å². The standard InChI is InChI=1S/C10H7ClN2O2/c11-7-3-1-6(2-4-7)10-12-8(14)5-9(15)13-10/h1-5H,(H2,12,13,14,15).